The van der Waals surface area contributed by atoms with Crippen LogP contribution >= 0.6 is 11.7 Å². The molecule has 2 fully saturated rings. The maximum Gasteiger partial charge on any atom is 0.242 e. The van der Waals surface area contributed by atoms with Crippen LogP contribution in [0.15, 0.2) is 23.1 Å². The first-order valence-corrected chi connectivity index (χ1v) is 12.6. The molecule has 1 aromatic carbocycles. The van der Waals surface area contributed by atoms with Crippen LogP contribution < -0.4 is 4.72 Å². The van der Waals surface area contributed by atoms with Gasteiger partial charge in [0.2, 0.25) is 15.9 Å². The Morgan fingerprint density at radius 1 is 1.21 bits per heavy atom. The molecule has 0 unspecified atom stereocenters. The predicted octanol–water partition coefficient (Wildman–Crippen LogP) is 3.03. The molecule has 1 aromatic heterocycles. The summed E-state index contributed by atoms with van der Waals surface area (Å²) in [5.41, 5.74) is 1.03. The number of hydrogen-bond acceptors (Lipinski definition) is 6. The van der Waals surface area contributed by atoms with E-state index in [1.54, 1.807) is 18.2 Å². The number of carbonyl (C=O) groups excluding carboxylic acids is 1. The first-order valence-electron chi connectivity index (χ1n) is 10.4. The average Bonchev–Trinajstić information content (AvgIpc) is 3.21. The molecular formula is C20H28N4O3S2. The van der Waals surface area contributed by atoms with Gasteiger partial charge < -0.3 is 4.90 Å². The van der Waals surface area contributed by atoms with Gasteiger partial charge in [0.25, 0.3) is 0 Å². The lowest BCUT2D eigenvalue weighted by atomic mass is 9.81. The lowest BCUT2D eigenvalue weighted by Gasteiger charge is -2.36. The van der Waals surface area contributed by atoms with E-state index in [4.69, 9.17) is 0 Å². The molecule has 1 aliphatic carbocycles. The smallest absolute Gasteiger partial charge is 0.242 e. The number of nitrogens with one attached hydrogen (secondary N) is 1. The zero-order valence-electron chi connectivity index (χ0n) is 16.7. The van der Waals surface area contributed by atoms with Gasteiger partial charge in [-0.05, 0) is 62.5 Å². The summed E-state index contributed by atoms with van der Waals surface area (Å²) in [4.78, 5) is 15.0. The second-order valence-corrected chi connectivity index (χ2v) is 10.8. The van der Waals surface area contributed by atoms with Gasteiger partial charge in [-0.25, -0.2) is 13.1 Å². The second-order valence-electron chi connectivity index (χ2n) is 8.49. The van der Waals surface area contributed by atoms with E-state index in [9.17, 15) is 13.2 Å². The zero-order chi connectivity index (χ0) is 20.4. The Balaban J connectivity index is 1.31. The number of amides is 1. The minimum absolute atomic E-state index is 0.1000. The summed E-state index contributed by atoms with van der Waals surface area (Å²) in [6.07, 6.45) is 5.77. The monoisotopic (exact) mass is 436 g/mol. The average molecular weight is 437 g/mol. The summed E-state index contributed by atoms with van der Waals surface area (Å²) in [6.45, 7) is 4.39. The van der Waals surface area contributed by atoms with Crippen molar-refractivity contribution < 1.29 is 13.2 Å². The van der Waals surface area contributed by atoms with Crippen LogP contribution in [-0.4, -0.2) is 47.6 Å². The molecule has 4 rings (SSSR count). The maximum atomic E-state index is 12.8. The summed E-state index contributed by atoms with van der Waals surface area (Å²) >= 11 is 1.02. The molecule has 1 N–H and O–H groups in total. The van der Waals surface area contributed by atoms with E-state index in [0.29, 0.717) is 29.4 Å². The first-order chi connectivity index (χ1) is 13.9. The fraction of sp³-hybridized carbons (Fsp3) is 0.650. The highest BCUT2D eigenvalue weighted by Crippen LogP contribution is 2.31. The van der Waals surface area contributed by atoms with Gasteiger partial charge >= 0.3 is 0 Å². The molecule has 1 atom stereocenters. The highest BCUT2D eigenvalue weighted by atomic mass is 32.2. The van der Waals surface area contributed by atoms with Crippen molar-refractivity contribution in [1.82, 2.24) is 18.4 Å². The van der Waals surface area contributed by atoms with Crippen LogP contribution in [0.25, 0.3) is 11.0 Å². The van der Waals surface area contributed by atoms with E-state index in [0.717, 1.165) is 56.9 Å². The van der Waals surface area contributed by atoms with E-state index in [-0.39, 0.29) is 16.7 Å². The molecular weight excluding hydrogens is 408 g/mol. The molecule has 1 saturated carbocycles. The normalized spacial score (nSPS) is 26.0. The summed E-state index contributed by atoms with van der Waals surface area (Å²) in [7, 11) is -3.63. The Kier molecular flexibility index (Phi) is 6.17. The molecule has 29 heavy (non-hydrogen) atoms. The number of aromatic nitrogens is 2. The molecule has 0 bridgehead atoms. The highest BCUT2D eigenvalue weighted by molar-refractivity contribution is 7.89. The van der Waals surface area contributed by atoms with Gasteiger partial charge in [-0.3, -0.25) is 4.79 Å². The quantitative estimate of drug-likeness (QED) is 0.778. The SMILES string of the molecule is C[C@@H]1CCCN(C(=O)C2CCC(CNS(=O)(=O)c3cccc4nsnc34)CC2)C1. The van der Waals surface area contributed by atoms with Crippen LogP contribution in [0, 0.1) is 17.8 Å². The zero-order valence-corrected chi connectivity index (χ0v) is 18.3. The summed E-state index contributed by atoms with van der Waals surface area (Å²) < 4.78 is 36.5. The van der Waals surface area contributed by atoms with Gasteiger partial charge in [-0.15, -0.1) is 0 Å². The largest absolute Gasteiger partial charge is 0.342 e. The van der Waals surface area contributed by atoms with Gasteiger partial charge in [0, 0.05) is 25.6 Å². The van der Waals surface area contributed by atoms with Gasteiger partial charge in [-0.2, -0.15) is 8.75 Å². The number of benzene rings is 1. The van der Waals surface area contributed by atoms with E-state index in [2.05, 4.69) is 20.4 Å². The van der Waals surface area contributed by atoms with E-state index >= 15 is 0 Å². The summed E-state index contributed by atoms with van der Waals surface area (Å²) in [6, 6.07) is 5.02. The van der Waals surface area contributed by atoms with Crippen molar-refractivity contribution in [1.29, 1.82) is 0 Å². The van der Waals surface area contributed by atoms with Gasteiger partial charge in [0.1, 0.15) is 15.9 Å². The standard InChI is InChI=1S/C20H28N4O3S2/c1-14-4-3-11-24(13-14)20(25)16-9-7-15(8-10-16)12-21-29(26,27)18-6-2-5-17-19(18)23-28-22-17/h2,5-6,14-16,21H,3-4,7-13H2,1H3/t14-,15?,16?/m1/s1. The summed E-state index contributed by atoms with van der Waals surface area (Å²) in [5.74, 6) is 1.26. The molecule has 7 nitrogen and oxygen atoms in total. The van der Waals surface area contributed by atoms with E-state index in [1.165, 1.54) is 6.42 Å². The number of fused-ring (bicyclic) bond motifs is 1. The number of piperidine rings is 1. The molecule has 1 amide bonds. The maximum absolute atomic E-state index is 12.8. The number of rotatable bonds is 5. The number of carbonyl (C=O) groups is 1. The van der Waals surface area contributed by atoms with E-state index in [1.807, 2.05) is 4.90 Å². The van der Waals surface area contributed by atoms with Crippen LogP contribution in [0.5, 0.6) is 0 Å². The topological polar surface area (TPSA) is 92.3 Å². The van der Waals surface area contributed by atoms with Crippen LogP contribution in [0.4, 0.5) is 0 Å². The molecule has 9 heteroatoms. The van der Waals surface area contributed by atoms with Crippen molar-refractivity contribution in [2.24, 2.45) is 17.8 Å². The van der Waals surface area contributed by atoms with Crippen LogP contribution in [-0.2, 0) is 14.8 Å². The molecule has 158 valence electrons. The van der Waals surface area contributed by atoms with Crippen molar-refractivity contribution in [2.75, 3.05) is 19.6 Å². The van der Waals surface area contributed by atoms with Crippen molar-refractivity contribution in [2.45, 2.75) is 50.3 Å². The van der Waals surface area contributed by atoms with Crippen molar-refractivity contribution >= 4 is 38.7 Å². The fourth-order valence-corrected chi connectivity index (χ4v) is 6.45. The molecule has 1 aliphatic heterocycles. The van der Waals surface area contributed by atoms with Crippen molar-refractivity contribution in [3.05, 3.63) is 18.2 Å². The van der Waals surface area contributed by atoms with Crippen molar-refractivity contribution in [3.63, 3.8) is 0 Å². The molecule has 2 aromatic rings. The third-order valence-corrected chi connectivity index (χ3v) is 8.26. The minimum atomic E-state index is -3.63. The molecule has 1 saturated heterocycles. The van der Waals surface area contributed by atoms with Gasteiger partial charge in [0.05, 0.1) is 11.7 Å². The van der Waals surface area contributed by atoms with E-state index < -0.39 is 10.0 Å². The Morgan fingerprint density at radius 3 is 2.76 bits per heavy atom. The Hall–Kier alpha value is -1.58. The Bertz CT molecular complexity index is 967. The number of likely N-dealkylation sites (tertiary alicyclic amines) is 1. The predicted molar refractivity (Wildman–Crippen MR) is 113 cm³/mol. The van der Waals surface area contributed by atoms with Crippen molar-refractivity contribution in [3.8, 4) is 0 Å². The molecule has 0 radical (unpaired) electrons. The number of nitrogens with zero attached hydrogens (tertiary/aromatic N) is 3. The number of sulfonamides is 1. The lowest BCUT2D eigenvalue weighted by molar-refractivity contribution is -0.138. The fourth-order valence-electron chi connectivity index (χ4n) is 4.56. The van der Waals surface area contributed by atoms with Crippen LogP contribution in [0.3, 0.4) is 0 Å². The van der Waals surface area contributed by atoms with Gasteiger partial charge in [0.15, 0.2) is 0 Å². The molecule has 0 spiro atoms. The van der Waals surface area contributed by atoms with Gasteiger partial charge in [-0.1, -0.05) is 13.0 Å². The van der Waals surface area contributed by atoms with Crippen LogP contribution in [0.1, 0.15) is 45.4 Å². The Morgan fingerprint density at radius 2 is 2.00 bits per heavy atom. The third-order valence-electron chi connectivity index (χ3n) is 6.27. The lowest BCUT2D eigenvalue weighted by Crippen LogP contribution is -2.43. The Labute approximate surface area is 176 Å². The van der Waals surface area contributed by atoms with Crippen LogP contribution in [0.2, 0.25) is 0 Å². The molecule has 2 aliphatic rings. The second kappa shape index (κ2) is 8.65. The first kappa shape index (κ1) is 20.7. The number of hydrogen-bond donors (Lipinski definition) is 1. The highest BCUT2D eigenvalue weighted by Gasteiger charge is 2.31. The minimum Gasteiger partial charge on any atom is -0.342 e. The molecule has 2 heterocycles. The summed E-state index contributed by atoms with van der Waals surface area (Å²) in [5, 5.41) is 0. The third kappa shape index (κ3) is 4.62.